The molecule has 1 aliphatic heterocycles. The number of anilines is 1. The van der Waals surface area contributed by atoms with E-state index < -0.39 is 9.84 Å². The molecular weight excluding hydrogens is 284 g/mol. The van der Waals surface area contributed by atoms with Crippen molar-refractivity contribution in [2.75, 3.05) is 36.0 Å². The highest BCUT2D eigenvalue weighted by molar-refractivity contribution is 7.91. The van der Waals surface area contributed by atoms with Gasteiger partial charge in [0.2, 0.25) is 0 Å². The quantitative estimate of drug-likeness (QED) is 0.840. The molecule has 0 radical (unpaired) electrons. The number of nitrogens with one attached hydrogen (secondary N) is 1. The lowest BCUT2D eigenvalue weighted by Crippen LogP contribution is -2.38. The zero-order chi connectivity index (χ0) is 15.3. The summed E-state index contributed by atoms with van der Waals surface area (Å²) in [7, 11) is -2.91. The Labute approximate surface area is 128 Å². The minimum absolute atomic E-state index is 0.251. The van der Waals surface area contributed by atoms with E-state index in [1.165, 1.54) is 11.3 Å². The maximum absolute atomic E-state index is 11.9. The van der Waals surface area contributed by atoms with Gasteiger partial charge in [-0.1, -0.05) is 32.0 Å². The van der Waals surface area contributed by atoms with E-state index in [1.807, 2.05) is 13.0 Å². The number of rotatable bonds is 7. The SMILES string of the molecule is CCCS(=O)(=O)CCN1CCC(NCC)c2ccccc21. The molecule has 21 heavy (non-hydrogen) atoms. The predicted molar refractivity (Wildman–Crippen MR) is 88.6 cm³/mol. The summed E-state index contributed by atoms with van der Waals surface area (Å²) in [6.45, 7) is 6.49. The van der Waals surface area contributed by atoms with Gasteiger partial charge in [0.1, 0.15) is 0 Å². The Kier molecular flexibility index (Phi) is 5.65. The Balaban J connectivity index is 2.10. The van der Waals surface area contributed by atoms with Crippen LogP contribution < -0.4 is 10.2 Å². The molecule has 1 heterocycles. The third-order valence-electron chi connectivity index (χ3n) is 3.98. The third kappa shape index (κ3) is 4.20. The Morgan fingerprint density at radius 2 is 2.00 bits per heavy atom. The summed E-state index contributed by atoms with van der Waals surface area (Å²) in [4.78, 5) is 2.22. The first kappa shape index (κ1) is 16.3. The zero-order valence-corrected chi connectivity index (χ0v) is 13.8. The smallest absolute Gasteiger partial charge is 0.152 e. The molecule has 1 unspecified atom stereocenters. The standard InChI is InChI=1S/C16H26N2O2S/c1-3-12-21(19,20)13-11-18-10-9-15(17-4-2)14-7-5-6-8-16(14)18/h5-8,15,17H,3-4,9-13H2,1-2H3. The number of hydrogen-bond acceptors (Lipinski definition) is 4. The van der Waals surface area contributed by atoms with Gasteiger partial charge in [0.15, 0.2) is 9.84 Å². The van der Waals surface area contributed by atoms with Crippen LogP contribution in [0.15, 0.2) is 24.3 Å². The first-order valence-corrected chi connectivity index (χ1v) is 9.67. The second-order valence-corrected chi connectivity index (χ2v) is 7.90. The van der Waals surface area contributed by atoms with Gasteiger partial charge in [-0.2, -0.15) is 0 Å². The molecule has 0 amide bonds. The Hall–Kier alpha value is -1.07. The van der Waals surface area contributed by atoms with Crippen LogP contribution in [0, 0.1) is 0 Å². The molecule has 0 bridgehead atoms. The number of sulfone groups is 1. The van der Waals surface area contributed by atoms with Crippen LogP contribution in [0.25, 0.3) is 0 Å². The second-order valence-electron chi connectivity index (χ2n) is 5.60. The summed E-state index contributed by atoms with van der Waals surface area (Å²) in [6.07, 6.45) is 1.72. The first-order valence-electron chi connectivity index (χ1n) is 7.85. The molecule has 1 aromatic carbocycles. The molecule has 0 fully saturated rings. The summed E-state index contributed by atoms with van der Waals surface area (Å²) in [5, 5.41) is 3.51. The van der Waals surface area contributed by atoms with Crippen molar-refractivity contribution >= 4 is 15.5 Å². The van der Waals surface area contributed by atoms with Crippen LogP contribution in [0.1, 0.15) is 38.3 Å². The maximum Gasteiger partial charge on any atom is 0.152 e. The number of benzene rings is 1. The summed E-state index contributed by atoms with van der Waals surface area (Å²) in [6, 6.07) is 8.72. The minimum atomic E-state index is -2.91. The van der Waals surface area contributed by atoms with Gasteiger partial charge in [-0.15, -0.1) is 0 Å². The van der Waals surface area contributed by atoms with E-state index in [9.17, 15) is 8.42 Å². The van der Waals surface area contributed by atoms with Crippen molar-refractivity contribution in [3.05, 3.63) is 29.8 Å². The van der Waals surface area contributed by atoms with Crippen LogP contribution in [-0.2, 0) is 9.84 Å². The molecule has 0 saturated heterocycles. The van der Waals surface area contributed by atoms with Gasteiger partial charge in [-0.25, -0.2) is 8.42 Å². The summed E-state index contributed by atoms with van der Waals surface area (Å²) >= 11 is 0. The Morgan fingerprint density at radius 3 is 2.71 bits per heavy atom. The third-order valence-corrected chi connectivity index (χ3v) is 5.81. The van der Waals surface area contributed by atoms with E-state index in [0.29, 0.717) is 24.8 Å². The molecular formula is C16H26N2O2S. The highest BCUT2D eigenvalue weighted by Crippen LogP contribution is 2.33. The van der Waals surface area contributed by atoms with E-state index >= 15 is 0 Å². The van der Waals surface area contributed by atoms with Crippen LogP contribution in [-0.4, -0.2) is 39.6 Å². The molecule has 5 heteroatoms. The summed E-state index contributed by atoms with van der Waals surface area (Å²) < 4.78 is 23.8. The fourth-order valence-electron chi connectivity index (χ4n) is 2.98. The maximum atomic E-state index is 11.9. The van der Waals surface area contributed by atoms with Gasteiger partial charge >= 0.3 is 0 Å². The van der Waals surface area contributed by atoms with Crippen LogP contribution in [0.3, 0.4) is 0 Å². The summed E-state index contributed by atoms with van der Waals surface area (Å²) in [5.41, 5.74) is 2.47. The minimum Gasteiger partial charge on any atom is -0.370 e. The van der Waals surface area contributed by atoms with Gasteiger partial charge in [0.05, 0.1) is 5.75 Å². The van der Waals surface area contributed by atoms with Crippen molar-refractivity contribution in [1.82, 2.24) is 5.32 Å². The van der Waals surface area contributed by atoms with Crippen LogP contribution in [0.2, 0.25) is 0 Å². The molecule has 1 aliphatic rings. The molecule has 1 N–H and O–H groups in total. The van der Waals surface area contributed by atoms with E-state index in [1.54, 1.807) is 0 Å². The monoisotopic (exact) mass is 310 g/mol. The van der Waals surface area contributed by atoms with Crippen LogP contribution >= 0.6 is 0 Å². The second kappa shape index (κ2) is 7.27. The number of para-hydroxylation sites is 1. The molecule has 1 aromatic rings. The molecule has 1 atom stereocenters. The summed E-state index contributed by atoms with van der Waals surface area (Å²) in [5.74, 6) is 0.545. The fourth-order valence-corrected chi connectivity index (χ4v) is 4.31. The molecule has 0 aromatic heterocycles. The Morgan fingerprint density at radius 1 is 1.24 bits per heavy atom. The van der Waals surface area contributed by atoms with E-state index in [4.69, 9.17) is 0 Å². The lowest BCUT2D eigenvalue weighted by molar-refractivity contribution is 0.492. The first-order chi connectivity index (χ1) is 10.1. The topological polar surface area (TPSA) is 49.4 Å². The molecule has 118 valence electrons. The predicted octanol–water partition coefficient (Wildman–Crippen LogP) is 2.37. The number of hydrogen-bond donors (Lipinski definition) is 1. The van der Waals surface area contributed by atoms with Gasteiger partial charge in [-0.3, -0.25) is 0 Å². The fraction of sp³-hybridized carbons (Fsp3) is 0.625. The van der Waals surface area contributed by atoms with E-state index in [0.717, 1.165) is 19.5 Å². The molecule has 2 rings (SSSR count). The van der Waals surface area contributed by atoms with Crippen molar-refractivity contribution in [3.63, 3.8) is 0 Å². The van der Waals surface area contributed by atoms with Crippen molar-refractivity contribution < 1.29 is 8.42 Å². The van der Waals surface area contributed by atoms with Crippen LogP contribution in [0.5, 0.6) is 0 Å². The highest BCUT2D eigenvalue weighted by atomic mass is 32.2. The lowest BCUT2D eigenvalue weighted by Gasteiger charge is -2.36. The van der Waals surface area contributed by atoms with Crippen molar-refractivity contribution in [2.45, 2.75) is 32.7 Å². The molecule has 4 nitrogen and oxygen atoms in total. The van der Waals surface area contributed by atoms with Crippen molar-refractivity contribution in [2.24, 2.45) is 0 Å². The Bertz CT molecular complexity index is 557. The van der Waals surface area contributed by atoms with Gasteiger partial charge < -0.3 is 10.2 Å². The average molecular weight is 310 g/mol. The molecule has 0 aliphatic carbocycles. The molecule has 0 saturated carbocycles. The number of fused-ring (bicyclic) bond motifs is 1. The molecule has 0 spiro atoms. The number of nitrogens with zero attached hydrogens (tertiary/aromatic N) is 1. The highest BCUT2D eigenvalue weighted by Gasteiger charge is 2.24. The van der Waals surface area contributed by atoms with Gasteiger partial charge in [-0.05, 0) is 31.0 Å². The average Bonchev–Trinajstić information content (AvgIpc) is 2.46. The van der Waals surface area contributed by atoms with E-state index in [-0.39, 0.29) is 5.75 Å². The van der Waals surface area contributed by atoms with Gasteiger partial charge in [0.25, 0.3) is 0 Å². The van der Waals surface area contributed by atoms with Crippen LogP contribution in [0.4, 0.5) is 5.69 Å². The van der Waals surface area contributed by atoms with Gasteiger partial charge in [0, 0.05) is 30.6 Å². The van der Waals surface area contributed by atoms with Crippen molar-refractivity contribution in [3.8, 4) is 0 Å². The van der Waals surface area contributed by atoms with E-state index in [2.05, 4.69) is 35.3 Å². The zero-order valence-electron chi connectivity index (χ0n) is 13.0. The lowest BCUT2D eigenvalue weighted by atomic mass is 9.96. The largest absolute Gasteiger partial charge is 0.370 e. The van der Waals surface area contributed by atoms with Crippen molar-refractivity contribution in [1.29, 1.82) is 0 Å². The normalized spacial score (nSPS) is 18.6.